The molecule has 0 aliphatic heterocycles. The Morgan fingerprint density at radius 3 is 2.76 bits per heavy atom. The lowest BCUT2D eigenvalue weighted by Gasteiger charge is -2.09. The number of methoxy groups -OCH3 is 1. The summed E-state index contributed by atoms with van der Waals surface area (Å²) in [6.07, 6.45) is 0.696. The van der Waals surface area contributed by atoms with Crippen LogP contribution in [0.4, 0.5) is 4.39 Å². The van der Waals surface area contributed by atoms with Gasteiger partial charge < -0.3 is 14.3 Å². The molecular weight excluding hydrogens is 271 g/mol. The molecule has 1 aromatic heterocycles. The molecule has 1 saturated carbocycles. The van der Waals surface area contributed by atoms with Gasteiger partial charge in [0.15, 0.2) is 11.6 Å². The van der Waals surface area contributed by atoms with Crippen LogP contribution in [0, 0.1) is 11.7 Å². The van der Waals surface area contributed by atoms with Crippen LogP contribution in [-0.2, 0) is 6.42 Å². The van der Waals surface area contributed by atoms with Crippen molar-refractivity contribution in [3.05, 3.63) is 53.2 Å². The molecule has 3 unspecified atom stereocenters. The van der Waals surface area contributed by atoms with Gasteiger partial charge in [-0.3, -0.25) is 0 Å². The number of rotatable bonds is 5. The maximum absolute atomic E-state index is 13.6. The van der Waals surface area contributed by atoms with Gasteiger partial charge in [0, 0.05) is 12.3 Å². The fourth-order valence-corrected chi connectivity index (χ4v) is 2.63. The number of ether oxygens (including phenoxy) is 1. The van der Waals surface area contributed by atoms with Gasteiger partial charge in [0.1, 0.15) is 17.6 Å². The summed E-state index contributed by atoms with van der Waals surface area (Å²) >= 11 is 0. The molecule has 21 heavy (non-hydrogen) atoms. The van der Waals surface area contributed by atoms with Crippen LogP contribution in [-0.4, -0.2) is 12.2 Å². The van der Waals surface area contributed by atoms with E-state index in [1.165, 1.54) is 13.2 Å². The minimum atomic E-state index is -0.763. The second kappa shape index (κ2) is 5.53. The van der Waals surface area contributed by atoms with Crippen LogP contribution in [0.15, 0.2) is 34.7 Å². The van der Waals surface area contributed by atoms with Crippen LogP contribution < -0.4 is 4.74 Å². The molecule has 2 aromatic rings. The average Bonchev–Trinajstić information content (AvgIpc) is 3.00. The van der Waals surface area contributed by atoms with E-state index in [0.29, 0.717) is 29.6 Å². The van der Waals surface area contributed by atoms with E-state index in [-0.39, 0.29) is 5.75 Å². The van der Waals surface area contributed by atoms with Gasteiger partial charge >= 0.3 is 0 Å². The van der Waals surface area contributed by atoms with Crippen LogP contribution in [0.3, 0.4) is 0 Å². The molecule has 4 heteroatoms. The summed E-state index contributed by atoms with van der Waals surface area (Å²) in [5, 5.41) is 10.2. The highest BCUT2D eigenvalue weighted by Crippen LogP contribution is 2.47. The third-order valence-electron chi connectivity index (χ3n) is 4.10. The van der Waals surface area contributed by atoms with Crippen LogP contribution in [0.5, 0.6) is 5.75 Å². The Morgan fingerprint density at radius 2 is 2.14 bits per heavy atom. The molecule has 0 bridgehead atoms. The number of hydrogen-bond acceptors (Lipinski definition) is 3. The standard InChI is InChI=1S/C17H19FO3/c1-10-7-12(10)15-5-6-17(21-15)14(19)9-11-3-4-16(20-2)13(18)8-11/h3-6,8,10,12,14,19H,7,9H2,1-2H3. The summed E-state index contributed by atoms with van der Waals surface area (Å²) in [7, 11) is 1.43. The van der Waals surface area contributed by atoms with Crippen molar-refractivity contribution in [2.75, 3.05) is 7.11 Å². The first-order valence-corrected chi connectivity index (χ1v) is 7.18. The van der Waals surface area contributed by atoms with E-state index in [0.717, 1.165) is 12.2 Å². The summed E-state index contributed by atoms with van der Waals surface area (Å²) in [6, 6.07) is 8.44. The molecule has 0 radical (unpaired) electrons. The Kier molecular flexibility index (Phi) is 3.72. The van der Waals surface area contributed by atoms with Crippen molar-refractivity contribution < 1.29 is 18.7 Å². The molecule has 3 rings (SSSR count). The molecule has 112 valence electrons. The van der Waals surface area contributed by atoms with Crippen molar-refractivity contribution in [3.8, 4) is 5.75 Å². The van der Waals surface area contributed by atoms with Crippen LogP contribution >= 0.6 is 0 Å². The molecule has 1 fully saturated rings. The topological polar surface area (TPSA) is 42.6 Å². The fraction of sp³-hybridized carbons (Fsp3) is 0.412. The minimum Gasteiger partial charge on any atom is -0.494 e. The second-order valence-electron chi connectivity index (χ2n) is 5.75. The van der Waals surface area contributed by atoms with Gasteiger partial charge in [0.2, 0.25) is 0 Å². The highest BCUT2D eigenvalue weighted by molar-refractivity contribution is 5.30. The lowest BCUT2D eigenvalue weighted by atomic mass is 10.1. The smallest absolute Gasteiger partial charge is 0.165 e. The van der Waals surface area contributed by atoms with Gasteiger partial charge in [-0.15, -0.1) is 0 Å². The summed E-state index contributed by atoms with van der Waals surface area (Å²) < 4.78 is 24.2. The first kappa shape index (κ1) is 14.1. The second-order valence-corrected chi connectivity index (χ2v) is 5.75. The number of aliphatic hydroxyl groups is 1. The number of furan rings is 1. The summed E-state index contributed by atoms with van der Waals surface area (Å²) in [6.45, 7) is 2.18. The number of halogens is 1. The number of hydrogen-bond donors (Lipinski definition) is 1. The van der Waals surface area contributed by atoms with Crippen LogP contribution in [0.2, 0.25) is 0 Å². The Balaban J connectivity index is 1.69. The third-order valence-corrected chi connectivity index (χ3v) is 4.10. The van der Waals surface area contributed by atoms with E-state index >= 15 is 0 Å². The average molecular weight is 290 g/mol. The summed E-state index contributed by atoms with van der Waals surface area (Å²) in [5.74, 6) is 2.42. The van der Waals surface area contributed by atoms with Crippen LogP contribution in [0.1, 0.15) is 42.5 Å². The Hall–Kier alpha value is -1.81. The lowest BCUT2D eigenvalue weighted by Crippen LogP contribution is -2.01. The van der Waals surface area contributed by atoms with Gasteiger partial charge in [0.25, 0.3) is 0 Å². The monoisotopic (exact) mass is 290 g/mol. The third kappa shape index (κ3) is 2.95. The van der Waals surface area contributed by atoms with E-state index < -0.39 is 11.9 Å². The van der Waals surface area contributed by atoms with Crippen molar-refractivity contribution in [2.45, 2.75) is 31.8 Å². The molecule has 1 aliphatic carbocycles. The van der Waals surface area contributed by atoms with Gasteiger partial charge in [0.05, 0.1) is 7.11 Å². The molecule has 1 N–H and O–H groups in total. The van der Waals surface area contributed by atoms with E-state index in [4.69, 9.17) is 9.15 Å². The van der Waals surface area contributed by atoms with E-state index in [2.05, 4.69) is 6.92 Å². The zero-order valence-electron chi connectivity index (χ0n) is 12.2. The molecule has 1 aliphatic rings. The highest BCUT2D eigenvalue weighted by atomic mass is 19.1. The molecule has 1 heterocycles. The van der Waals surface area contributed by atoms with Gasteiger partial charge in [-0.2, -0.15) is 0 Å². The molecule has 0 saturated heterocycles. The normalized spacial score (nSPS) is 22.1. The quantitative estimate of drug-likeness (QED) is 0.910. The number of aliphatic hydroxyl groups excluding tert-OH is 1. The van der Waals surface area contributed by atoms with Gasteiger partial charge in [-0.25, -0.2) is 4.39 Å². The highest BCUT2D eigenvalue weighted by Gasteiger charge is 2.36. The zero-order valence-corrected chi connectivity index (χ0v) is 12.2. The van der Waals surface area contributed by atoms with E-state index in [1.54, 1.807) is 12.1 Å². The molecule has 3 nitrogen and oxygen atoms in total. The maximum atomic E-state index is 13.6. The van der Waals surface area contributed by atoms with E-state index in [9.17, 15) is 9.50 Å². The van der Waals surface area contributed by atoms with Gasteiger partial charge in [-0.05, 0) is 42.2 Å². The summed E-state index contributed by atoms with van der Waals surface area (Å²) in [4.78, 5) is 0. The largest absolute Gasteiger partial charge is 0.494 e. The molecule has 0 spiro atoms. The number of benzene rings is 1. The molecule has 0 amide bonds. The maximum Gasteiger partial charge on any atom is 0.165 e. The Labute approximate surface area is 123 Å². The Bertz CT molecular complexity index is 635. The summed E-state index contributed by atoms with van der Waals surface area (Å²) in [5.41, 5.74) is 0.707. The van der Waals surface area contributed by atoms with Gasteiger partial charge in [-0.1, -0.05) is 13.0 Å². The fourth-order valence-electron chi connectivity index (χ4n) is 2.63. The van der Waals surface area contributed by atoms with Crippen LogP contribution in [0.25, 0.3) is 0 Å². The first-order valence-electron chi connectivity index (χ1n) is 7.18. The lowest BCUT2D eigenvalue weighted by molar-refractivity contribution is 0.148. The minimum absolute atomic E-state index is 0.205. The van der Waals surface area contributed by atoms with Crippen molar-refractivity contribution in [3.63, 3.8) is 0 Å². The van der Waals surface area contributed by atoms with Crippen molar-refractivity contribution >= 4 is 0 Å². The van der Waals surface area contributed by atoms with Crippen molar-refractivity contribution in [1.82, 2.24) is 0 Å². The molecule has 3 atom stereocenters. The molecule has 1 aromatic carbocycles. The van der Waals surface area contributed by atoms with Crippen molar-refractivity contribution in [1.29, 1.82) is 0 Å². The zero-order chi connectivity index (χ0) is 15.0. The van der Waals surface area contributed by atoms with Crippen molar-refractivity contribution in [2.24, 2.45) is 5.92 Å². The predicted molar refractivity (Wildman–Crippen MR) is 76.8 cm³/mol. The Morgan fingerprint density at radius 1 is 1.38 bits per heavy atom. The molecular formula is C17H19FO3. The van der Waals surface area contributed by atoms with E-state index in [1.807, 2.05) is 12.1 Å². The predicted octanol–water partition coefficient (Wildman–Crippen LogP) is 3.83. The first-order chi connectivity index (χ1) is 10.1. The SMILES string of the molecule is COc1ccc(CC(O)c2ccc(C3CC3C)o2)cc1F.